The van der Waals surface area contributed by atoms with Gasteiger partial charge in [0.15, 0.2) is 0 Å². The average Bonchev–Trinajstić information content (AvgIpc) is 3.30. The van der Waals surface area contributed by atoms with Crippen molar-refractivity contribution in [1.82, 2.24) is 20.0 Å². The number of likely N-dealkylation sites (tertiary alicyclic amines) is 1. The zero-order valence-electron chi connectivity index (χ0n) is 12.3. The van der Waals surface area contributed by atoms with E-state index in [1.807, 2.05) is 35.2 Å². The van der Waals surface area contributed by atoms with Gasteiger partial charge in [0.2, 0.25) is 17.6 Å². The van der Waals surface area contributed by atoms with Crippen molar-refractivity contribution in [2.75, 3.05) is 6.54 Å². The first-order valence-electron chi connectivity index (χ1n) is 7.36. The van der Waals surface area contributed by atoms with Crippen LogP contribution in [-0.2, 0) is 11.3 Å². The minimum absolute atomic E-state index is 0.0494. The highest BCUT2D eigenvalue weighted by Gasteiger charge is 2.36. The summed E-state index contributed by atoms with van der Waals surface area (Å²) in [6, 6.07) is 9.97. The van der Waals surface area contributed by atoms with E-state index in [1.165, 1.54) is 11.3 Å². The number of hydrogen-bond donors (Lipinski definition) is 0. The van der Waals surface area contributed by atoms with Crippen molar-refractivity contribution >= 4 is 17.2 Å². The van der Waals surface area contributed by atoms with Crippen LogP contribution in [0.3, 0.4) is 0 Å². The van der Waals surface area contributed by atoms with Gasteiger partial charge in [-0.3, -0.25) is 9.78 Å². The first-order valence-corrected chi connectivity index (χ1v) is 8.24. The van der Waals surface area contributed by atoms with Gasteiger partial charge in [0.05, 0.1) is 10.4 Å². The summed E-state index contributed by atoms with van der Waals surface area (Å²) in [5, 5.41) is 3.96. The molecule has 116 valence electrons. The summed E-state index contributed by atoms with van der Waals surface area (Å²) >= 11 is 1.44. The van der Waals surface area contributed by atoms with E-state index in [2.05, 4.69) is 15.1 Å². The molecule has 1 amide bonds. The molecule has 4 rings (SSSR count). The zero-order valence-corrected chi connectivity index (χ0v) is 13.1. The van der Waals surface area contributed by atoms with Crippen LogP contribution in [0.5, 0.6) is 0 Å². The highest BCUT2D eigenvalue weighted by molar-refractivity contribution is 7.13. The number of nitrogens with zero attached hydrogens (tertiary/aromatic N) is 4. The van der Waals surface area contributed by atoms with Gasteiger partial charge in [0.25, 0.3) is 0 Å². The van der Waals surface area contributed by atoms with Gasteiger partial charge in [-0.15, -0.1) is 11.3 Å². The smallest absolute Gasteiger partial charge is 0.239 e. The summed E-state index contributed by atoms with van der Waals surface area (Å²) in [4.78, 5) is 23.7. The molecule has 23 heavy (non-hydrogen) atoms. The van der Waals surface area contributed by atoms with Gasteiger partial charge in [-0.05, 0) is 12.0 Å². The summed E-state index contributed by atoms with van der Waals surface area (Å²) in [6.45, 7) is 1.32. The van der Waals surface area contributed by atoms with Crippen molar-refractivity contribution in [3.05, 3.63) is 53.5 Å². The lowest BCUT2D eigenvalue weighted by molar-refractivity contribution is -0.129. The number of aromatic nitrogens is 3. The number of carbonyl (C=O) groups is 1. The van der Waals surface area contributed by atoms with Gasteiger partial charge in [0.1, 0.15) is 5.92 Å². The number of rotatable bonds is 4. The Morgan fingerprint density at radius 3 is 2.96 bits per heavy atom. The Kier molecular flexibility index (Phi) is 3.63. The van der Waals surface area contributed by atoms with Crippen LogP contribution < -0.4 is 0 Å². The molecule has 1 aliphatic heterocycles. The van der Waals surface area contributed by atoms with Crippen LogP contribution in [0.15, 0.2) is 46.6 Å². The average molecular weight is 326 g/mol. The Morgan fingerprint density at radius 2 is 2.17 bits per heavy atom. The predicted molar refractivity (Wildman–Crippen MR) is 84.6 cm³/mol. The standard InChI is InChI=1S/C16H14N4O2S/c21-16-12(6-7-20(16)9-11-4-2-1-3-5-11)15-18-14(19-22-15)13-8-17-10-23-13/h1-5,8,10,12H,6-7,9H2. The Balaban J connectivity index is 1.49. The zero-order chi connectivity index (χ0) is 15.6. The van der Waals surface area contributed by atoms with E-state index >= 15 is 0 Å². The maximum Gasteiger partial charge on any atom is 0.239 e. The lowest BCUT2D eigenvalue weighted by Gasteiger charge is -2.15. The van der Waals surface area contributed by atoms with Crippen molar-refractivity contribution in [2.45, 2.75) is 18.9 Å². The van der Waals surface area contributed by atoms with Gasteiger partial charge < -0.3 is 9.42 Å². The number of hydrogen-bond acceptors (Lipinski definition) is 6. The van der Waals surface area contributed by atoms with Gasteiger partial charge in [0, 0.05) is 19.3 Å². The molecule has 2 aromatic heterocycles. The molecule has 1 aliphatic rings. The summed E-state index contributed by atoms with van der Waals surface area (Å²) in [7, 11) is 0. The van der Waals surface area contributed by atoms with Gasteiger partial charge in [-0.25, -0.2) is 0 Å². The van der Waals surface area contributed by atoms with Crippen molar-refractivity contribution in [3.63, 3.8) is 0 Å². The van der Waals surface area contributed by atoms with Crippen molar-refractivity contribution < 1.29 is 9.32 Å². The monoisotopic (exact) mass is 326 g/mol. The maximum absolute atomic E-state index is 12.6. The van der Waals surface area contributed by atoms with Crippen molar-refractivity contribution in [3.8, 4) is 10.7 Å². The summed E-state index contributed by atoms with van der Waals surface area (Å²) < 4.78 is 5.31. The fourth-order valence-electron chi connectivity index (χ4n) is 2.73. The van der Waals surface area contributed by atoms with E-state index in [0.717, 1.165) is 10.4 Å². The minimum Gasteiger partial charge on any atom is -0.338 e. The van der Waals surface area contributed by atoms with Crippen LogP contribution in [0.25, 0.3) is 10.7 Å². The number of benzene rings is 1. The molecule has 7 heteroatoms. The maximum atomic E-state index is 12.6. The highest BCUT2D eigenvalue weighted by atomic mass is 32.1. The molecule has 1 atom stereocenters. The molecule has 0 bridgehead atoms. The molecule has 3 heterocycles. The number of carbonyl (C=O) groups excluding carboxylic acids is 1. The van der Waals surface area contributed by atoms with E-state index in [0.29, 0.717) is 31.2 Å². The van der Waals surface area contributed by atoms with E-state index in [9.17, 15) is 4.79 Å². The molecule has 6 nitrogen and oxygen atoms in total. The predicted octanol–water partition coefficient (Wildman–Crippen LogP) is 2.71. The molecule has 3 aromatic rings. The van der Waals surface area contributed by atoms with Gasteiger partial charge in [-0.1, -0.05) is 35.5 Å². The normalized spacial score (nSPS) is 17.8. The third-order valence-corrected chi connectivity index (χ3v) is 4.68. The Hall–Kier alpha value is -2.54. The molecule has 1 fully saturated rings. The largest absolute Gasteiger partial charge is 0.338 e. The Bertz CT molecular complexity index is 801. The SMILES string of the molecule is O=C1C(c2nc(-c3cncs3)no2)CCN1Cc1ccccc1. The topological polar surface area (TPSA) is 72.1 Å². The van der Waals surface area contributed by atoms with Crippen molar-refractivity contribution in [1.29, 1.82) is 0 Å². The second kappa shape index (κ2) is 5.92. The van der Waals surface area contributed by atoms with Crippen LogP contribution in [0.4, 0.5) is 0 Å². The second-order valence-corrected chi connectivity index (χ2v) is 6.29. The summed E-state index contributed by atoms with van der Waals surface area (Å²) in [5.41, 5.74) is 2.84. The van der Waals surface area contributed by atoms with Gasteiger partial charge >= 0.3 is 0 Å². The first-order chi connectivity index (χ1) is 11.3. The quantitative estimate of drug-likeness (QED) is 0.737. The van der Waals surface area contributed by atoms with E-state index in [1.54, 1.807) is 11.7 Å². The minimum atomic E-state index is -0.340. The first kappa shape index (κ1) is 14.1. The lowest BCUT2D eigenvalue weighted by Crippen LogP contribution is -2.26. The highest BCUT2D eigenvalue weighted by Crippen LogP contribution is 2.30. The molecule has 1 saturated heterocycles. The number of thiazole rings is 1. The third kappa shape index (κ3) is 2.75. The Labute approximate surface area is 136 Å². The van der Waals surface area contributed by atoms with Crippen LogP contribution in [0.1, 0.15) is 23.8 Å². The Morgan fingerprint density at radius 1 is 1.30 bits per heavy atom. The molecule has 1 aromatic carbocycles. The fraction of sp³-hybridized carbons (Fsp3) is 0.250. The lowest BCUT2D eigenvalue weighted by atomic mass is 10.1. The van der Waals surface area contributed by atoms with Crippen molar-refractivity contribution in [2.24, 2.45) is 0 Å². The van der Waals surface area contributed by atoms with Gasteiger partial charge in [-0.2, -0.15) is 4.98 Å². The summed E-state index contributed by atoms with van der Waals surface area (Å²) in [5.74, 6) is 0.604. The molecular weight excluding hydrogens is 312 g/mol. The second-order valence-electron chi connectivity index (χ2n) is 5.41. The van der Waals surface area contributed by atoms with Crippen LogP contribution in [0, 0.1) is 0 Å². The molecular formula is C16H14N4O2S. The van der Waals surface area contributed by atoms with E-state index < -0.39 is 0 Å². The molecule has 0 aliphatic carbocycles. The number of amides is 1. The molecule has 0 saturated carbocycles. The summed E-state index contributed by atoms with van der Waals surface area (Å²) in [6.07, 6.45) is 2.40. The third-order valence-electron chi connectivity index (χ3n) is 3.91. The molecule has 0 radical (unpaired) electrons. The fourth-order valence-corrected chi connectivity index (χ4v) is 3.28. The van der Waals surface area contributed by atoms with Crippen LogP contribution in [0.2, 0.25) is 0 Å². The molecule has 0 spiro atoms. The molecule has 0 N–H and O–H groups in total. The molecule has 1 unspecified atom stereocenters. The van der Waals surface area contributed by atoms with E-state index in [-0.39, 0.29) is 11.8 Å². The van der Waals surface area contributed by atoms with E-state index in [4.69, 9.17) is 4.52 Å². The van der Waals surface area contributed by atoms with Crippen LogP contribution >= 0.6 is 11.3 Å². The van der Waals surface area contributed by atoms with Crippen LogP contribution in [-0.4, -0.2) is 32.5 Å².